The molecule has 3 atom stereocenters. The van der Waals surface area contributed by atoms with Gasteiger partial charge in [0.2, 0.25) is 0 Å². The minimum atomic E-state index is -0.549. The summed E-state index contributed by atoms with van der Waals surface area (Å²) in [6.07, 6.45) is 9.62. The summed E-state index contributed by atoms with van der Waals surface area (Å²) in [5.41, 5.74) is -0.510. The second-order valence-corrected chi connectivity index (χ2v) is 8.50. The topological polar surface area (TPSA) is 65.0 Å². The molecule has 1 saturated carbocycles. The lowest BCUT2D eigenvalue weighted by molar-refractivity contribution is -0.324. The van der Waals surface area contributed by atoms with E-state index >= 15 is 0 Å². The summed E-state index contributed by atoms with van der Waals surface area (Å²) in [4.78, 5) is 12.1. The van der Waals surface area contributed by atoms with E-state index in [0.717, 1.165) is 25.7 Å². The quantitative estimate of drug-likeness (QED) is 0.604. The van der Waals surface area contributed by atoms with E-state index in [1.807, 2.05) is 39.8 Å². The van der Waals surface area contributed by atoms with Crippen LogP contribution in [0.4, 0.5) is 0 Å². The van der Waals surface area contributed by atoms with Gasteiger partial charge in [0.15, 0.2) is 5.79 Å². The Morgan fingerprint density at radius 3 is 2.56 bits per heavy atom. The summed E-state index contributed by atoms with van der Waals surface area (Å²) < 4.78 is 18.0. The summed E-state index contributed by atoms with van der Waals surface area (Å²) in [7, 11) is 0. The Labute approximate surface area is 151 Å². The molecule has 1 aliphatic heterocycles. The molecule has 0 bridgehead atoms. The lowest BCUT2D eigenvalue weighted by Crippen LogP contribution is -2.50. The molecule has 25 heavy (non-hydrogen) atoms. The molecule has 0 aromatic heterocycles. The van der Waals surface area contributed by atoms with Crippen molar-refractivity contribution in [2.24, 2.45) is 11.3 Å². The van der Waals surface area contributed by atoms with Crippen molar-refractivity contribution >= 4 is 5.97 Å². The minimum absolute atomic E-state index is 0.0702. The maximum absolute atomic E-state index is 12.1. The fourth-order valence-corrected chi connectivity index (χ4v) is 3.27. The molecule has 0 amide bonds. The van der Waals surface area contributed by atoms with Gasteiger partial charge in [0.25, 0.3) is 0 Å². The number of hydrogen-bond acceptors (Lipinski definition) is 5. The van der Waals surface area contributed by atoms with Crippen molar-refractivity contribution in [3.63, 3.8) is 0 Å². The van der Waals surface area contributed by atoms with Crippen LogP contribution in [0.1, 0.15) is 66.2 Å². The van der Waals surface area contributed by atoms with Crippen molar-refractivity contribution in [1.82, 2.24) is 0 Å². The summed E-state index contributed by atoms with van der Waals surface area (Å²) in [6.45, 7) is 7.91. The highest BCUT2D eigenvalue weighted by atomic mass is 16.7. The van der Waals surface area contributed by atoms with Crippen molar-refractivity contribution < 1.29 is 24.1 Å². The highest BCUT2D eigenvalue weighted by Gasteiger charge is 2.43. The first kappa shape index (κ1) is 20.4. The van der Waals surface area contributed by atoms with Crippen LogP contribution in [0, 0.1) is 11.3 Å². The van der Waals surface area contributed by atoms with Gasteiger partial charge in [-0.05, 0) is 39.5 Å². The highest BCUT2D eigenvalue weighted by Crippen LogP contribution is 2.39. The molecule has 0 radical (unpaired) electrons. The van der Waals surface area contributed by atoms with Crippen molar-refractivity contribution in [2.45, 2.75) is 84.2 Å². The van der Waals surface area contributed by atoms with Crippen LogP contribution < -0.4 is 0 Å². The summed E-state index contributed by atoms with van der Waals surface area (Å²) in [5.74, 6) is -0.653. The molecule has 5 nitrogen and oxygen atoms in total. The Morgan fingerprint density at radius 1 is 1.28 bits per heavy atom. The number of hydrogen-bond donors (Lipinski definition) is 1. The van der Waals surface area contributed by atoms with Crippen LogP contribution in [0.2, 0.25) is 0 Å². The summed E-state index contributed by atoms with van der Waals surface area (Å²) >= 11 is 0. The van der Waals surface area contributed by atoms with E-state index in [0.29, 0.717) is 6.42 Å². The van der Waals surface area contributed by atoms with E-state index in [9.17, 15) is 9.90 Å². The fraction of sp³-hybridized carbons (Fsp3) is 0.850. The SMILES string of the molecule is C[C@H](/C=C\[C@H]1C[C@@H](COC(=O)C(C)(C)C)OC2(CCCCC2)O1)CO. The molecule has 1 aliphatic carbocycles. The van der Waals surface area contributed by atoms with Crippen molar-refractivity contribution in [3.8, 4) is 0 Å². The smallest absolute Gasteiger partial charge is 0.311 e. The van der Waals surface area contributed by atoms with Gasteiger partial charge in [-0.2, -0.15) is 0 Å². The van der Waals surface area contributed by atoms with Crippen LogP contribution in [-0.4, -0.2) is 42.3 Å². The van der Waals surface area contributed by atoms with Gasteiger partial charge in [0, 0.05) is 25.9 Å². The third-order valence-electron chi connectivity index (χ3n) is 4.81. The van der Waals surface area contributed by atoms with Gasteiger partial charge in [0.05, 0.1) is 17.6 Å². The number of esters is 1. The molecule has 0 aromatic rings. The van der Waals surface area contributed by atoms with Gasteiger partial charge in [0.1, 0.15) is 6.61 Å². The van der Waals surface area contributed by atoms with E-state index in [2.05, 4.69) is 0 Å². The normalized spacial score (nSPS) is 28.2. The third-order valence-corrected chi connectivity index (χ3v) is 4.81. The number of carbonyl (C=O) groups is 1. The predicted molar refractivity (Wildman–Crippen MR) is 96.0 cm³/mol. The van der Waals surface area contributed by atoms with Crippen LogP contribution >= 0.6 is 0 Å². The molecule has 2 rings (SSSR count). The first-order chi connectivity index (χ1) is 11.7. The zero-order chi connectivity index (χ0) is 18.5. The van der Waals surface area contributed by atoms with Crippen molar-refractivity contribution in [1.29, 1.82) is 0 Å². The second-order valence-electron chi connectivity index (χ2n) is 8.50. The predicted octanol–water partition coefficient (Wildman–Crippen LogP) is 3.59. The molecular weight excluding hydrogens is 320 g/mol. The molecule has 0 aromatic carbocycles. The number of aliphatic hydroxyl groups excluding tert-OH is 1. The monoisotopic (exact) mass is 354 g/mol. The van der Waals surface area contributed by atoms with Crippen LogP contribution in [0.25, 0.3) is 0 Å². The molecule has 1 saturated heterocycles. The number of rotatable bonds is 5. The molecule has 1 spiro atoms. The number of aliphatic hydroxyl groups is 1. The molecular formula is C20H34O5. The summed E-state index contributed by atoms with van der Waals surface area (Å²) in [6, 6.07) is 0. The lowest BCUT2D eigenvalue weighted by atomic mass is 9.92. The minimum Gasteiger partial charge on any atom is -0.463 e. The van der Waals surface area contributed by atoms with Gasteiger partial charge in [-0.3, -0.25) is 4.79 Å². The van der Waals surface area contributed by atoms with Crippen LogP contribution in [0.5, 0.6) is 0 Å². The summed E-state index contributed by atoms with van der Waals surface area (Å²) in [5, 5.41) is 9.21. The zero-order valence-corrected chi connectivity index (χ0v) is 16.1. The first-order valence-electron chi connectivity index (χ1n) is 9.56. The number of ether oxygens (including phenoxy) is 3. The fourth-order valence-electron chi connectivity index (χ4n) is 3.27. The van der Waals surface area contributed by atoms with Crippen LogP contribution in [0.15, 0.2) is 12.2 Å². The Morgan fingerprint density at radius 2 is 1.96 bits per heavy atom. The maximum Gasteiger partial charge on any atom is 0.311 e. The van der Waals surface area contributed by atoms with Gasteiger partial charge in [-0.15, -0.1) is 0 Å². The van der Waals surface area contributed by atoms with Crippen molar-refractivity contribution in [3.05, 3.63) is 12.2 Å². The Balaban J connectivity index is 2.02. The molecule has 5 heteroatoms. The first-order valence-corrected chi connectivity index (χ1v) is 9.56. The molecule has 2 aliphatic rings. The van der Waals surface area contributed by atoms with E-state index in [-0.39, 0.29) is 37.3 Å². The standard InChI is InChI=1S/C20H34O5/c1-15(13-21)8-9-16-12-17(14-23-18(22)19(2,3)4)25-20(24-16)10-6-5-7-11-20/h8-9,15-17,21H,5-7,10-14H2,1-4H3/b9-8-/t15-,16+,17+/m1/s1. The van der Waals surface area contributed by atoms with Gasteiger partial charge in [-0.1, -0.05) is 25.5 Å². The Kier molecular flexibility index (Phi) is 7.06. The van der Waals surface area contributed by atoms with E-state index in [1.165, 1.54) is 6.42 Å². The van der Waals surface area contributed by atoms with Crippen molar-refractivity contribution in [2.75, 3.05) is 13.2 Å². The third kappa shape index (κ3) is 6.08. The van der Waals surface area contributed by atoms with Gasteiger partial charge < -0.3 is 19.3 Å². The Bertz CT molecular complexity index is 459. The highest BCUT2D eigenvalue weighted by molar-refractivity contribution is 5.75. The van der Waals surface area contributed by atoms with Crippen LogP contribution in [0.3, 0.4) is 0 Å². The maximum atomic E-state index is 12.1. The number of carbonyl (C=O) groups excluding carboxylic acids is 1. The van der Waals surface area contributed by atoms with E-state index < -0.39 is 11.2 Å². The van der Waals surface area contributed by atoms with Gasteiger partial charge >= 0.3 is 5.97 Å². The molecule has 1 heterocycles. The van der Waals surface area contributed by atoms with Crippen LogP contribution in [-0.2, 0) is 19.0 Å². The van der Waals surface area contributed by atoms with Gasteiger partial charge in [-0.25, -0.2) is 0 Å². The van der Waals surface area contributed by atoms with E-state index in [1.54, 1.807) is 0 Å². The average Bonchev–Trinajstić information content (AvgIpc) is 2.57. The Hall–Kier alpha value is -0.910. The second kappa shape index (κ2) is 8.65. The largest absolute Gasteiger partial charge is 0.463 e. The molecule has 0 unspecified atom stereocenters. The lowest BCUT2D eigenvalue weighted by Gasteiger charge is -2.46. The zero-order valence-electron chi connectivity index (χ0n) is 16.1. The average molecular weight is 354 g/mol. The molecule has 144 valence electrons. The molecule has 2 fully saturated rings. The van der Waals surface area contributed by atoms with E-state index in [4.69, 9.17) is 14.2 Å². The molecule has 1 N–H and O–H groups in total.